The number of hydrogen-bond donors (Lipinski definition) is 2. The summed E-state index contributed by atoms with van der Waals surface area (Å²) in [6, 6.07) is 10.2. The number of nitrogens with one attached hydrogen (secondary N) is 2. The summed E-state index contributed by atoms with van der Waals surface area (Å²) in [4.78, 5) is 4.77. The first-order valence-corrected chi connectivity index (χ1v) is 10.6. The van der Waals surface area contributed by atoms with Crippen LogP contribution in [0.1, 0.15) is 12.6 Å². The molecule has 0 amide bonds. The molecule has 0 aliphatic heterocycles. The van der Waals surface area contributed by atoms with Crippen molar-refractivity contribution in [1.29, 1.82) is 0 Å². The lowest BCUT2D eigenvalue weighted by molar-refractivity contribution is 0.594. The van der Waals surface area contributed by atoms with E-state index in [2.05, 4.69) is 15.6 Å². The molecule has 0 atom stereocenters. The van der Waals surface area contributed by atoms with Gasteiger partial charge in [-0.25, -0.2) is 13.4 Å². The van der Waals surface area contributed by atoms with Gasteiger partial charge in [-0.2, -0.15) is 0 Å². The molecular weight excluding hydrogens is 395 g/mol. The summed E-state index contributed by atoms with van der Waals surface area (Å²) in [5, 5.41) is 7.07. The van der Waals surface area contributed by atoms with Crippen LogP contribution in [0, 0.1) is 0 Å². The molecule has 1 aromatic carbocycles. The predicted molar refractivity (Wildman–Crippen MR) is 107 cm³/mol. The Morgan fingerprint density at radius 3 is 2.46 bits per heavy atom. The fourth-order valence-corrected chi connectivity index (χ4v) is 3.89. The topological polar surface area (TPSA) is 75.5 Å². The average molecular weight is 417 g/mol. The van der Waals surface area contributed by atoms with Gasteiger partial charge in [0.15, 0.2) is 15.8 Å². The van der Waals surface area contributed by atoms with E-state index in [1.54, 1.807) is 41.0 Å². The standard InChI is InChI=1S/C17H22Cl2N4O2S/c1-3-20-17(22-12-13-11-15(18)16(19)23(13)2)21-9-10-26(24,25)14-7-5-4-6-8-14/h4-8,11H,3,9-10,12H2,1-2H3,(H2,20,21,22). The van der Waals surface area contributed by atoms with E-state index in [1.165, 1.54) is 0 Å². The number of nitrogens with zero attached hydrogens (tertiary/aromatic N) is 2. The normalized spacial score (nSPS) is 12.2. The third-order valence-corrected chi connectivity index (χ3v) is 6.30. The Morgan fingerprint density at radius 1 is 1.19 bits per heavy atom. The van der Waals surface area contributed by atoms with Gasteiger partial charge in [-0.1, -0.05) is 41.4 Å². The van der Waals surface area contributed by atoms with Gasteiger partial charge in [0.2, 0.25) is 0 Å². The van der Waals surface area contributed by atoms with Crippen molar-refractivity contribution in [3.8, 4) is 0 Å². The molecular formula is C17H22Cl2N4O2S. The third-order valence-electron chi connectivity index (χ3n) is 3.72. The van der Waals surface area contributed by atoms with Crippen LogP contribution in [-0.4, -0.2) is 37.8 Å². The first kappa shape index (κ1) is 20.6. The van der Waals surface area contributed by atoms with E-state index in [0.29, 0.717) is 34.1 Å². The molecule has 1 aromatic heterocycles. The van der Waals surface area contributed by atoms with Crippen LogP contribution < -0.4 is 10.6 Å². The van der Waals surface area contributed by atoms with Gasteiger partial charge >= 0.3 is 0 Å². The largest absolute Gasteiger partial charge is 0.357 e. The van der Waals surface area contributed by atoms with Gasteiger partial charge in [-0.3, -0.25) is 0 Å². The summed E-state index contributed by atoms with van der Waals surface area (Å²) in [5.74, 6) is 0.507. The summed E-state index contributed by atoms with van der Waals surface area (Å²) in [6.45, 7) is 3.21. The number of hydrogen-bond acceptors (Lipinski definition) is 3. The monoisotopic (exact) mass is 416 g/mol. The Labute approximate surface area is 164 Å². The van der Waals surface area contributed by atoms with Crippen molar-refractivity contribution in [3.63, 3.8) is 0 Å². The molecule has 9 heteroatoms. The van der Waals surface area contributed by atoms with Crippen LogP contribution in [0.4, 0.5) is 0 Å². The van der Waals surface area contributed by atoms with Crippen LogP contribution in [0.15, 0.2) is 46.3 Å². The highest BCUT2D eigenvalue weighted by Crippen LogP contribution is 2.25. The molecule has 0 aliphatic rings. The van der Waals surface area contributed by atoms with Crippen molar-refractivity contribution in [3.05, 3.63) is 52.3 Å². The second-order valence-corrected chi connectivity index (χ2v) is 8.46. The molecule has 0 bridgehead atoms. The molecule has 26 heavy (non-hydrogen) atoms. The van der Waals surface area contributed by atoms with Crippen molar-refractivity contribution >= 4 is 39.0 Å². The van der Waals surface area contributed by atoms with Crippen molar-refractivity contribution < 1.29 is 8.42 Å². The van der Waals surface area contributed by atoms with Gasteiger partial charge in [-0.05, 0) is 25.1 Å². The molecule has 0 spiro atoms. The van der Waals surface area contributed by atoms with Crippen LogP contribution in [0.5, 0.6) is 0 Å². The Bertz CT molecular complexity index is 864. The number of guanidine groups is 1. The number of halogens is 2. The highest BCUT2D eigenvalue weighted by molar-refractivity contribution is 7.91. The molecule has 6 nitrogen and oxygen atoms in total. The fourth-order valence-electron chi connectivity index (χ4n) is 2.29. The molecule has 0 fully saturated rings. The van der Waals surface area contributed by atoms with Crippen molar-refractivity contribution in [2.45, 2.75) is 18.4 Å². The molecule has 0 radical (unpaired) electrons. The van der Waals surface area contributed by atoms with Crippen molar-refractivity contribution in [2.24, 2.45) is 12.0 Å². The highest BCUT2D eigenvalue weighted by Gasteiger charge is 2.14. The minimum Gasteiger partial charge on any atom is -0.357 e. The summed E-state index contributed by atoms with van der Waals surface area (Å²) in [6.07, 6.45) is 0. The van der Waals surface area contributed by atoms with Crippen LogP contribution in [0.25, 0.3) is 0 Å². The minimum absolute atomic E-state index is 0.0246. The maximum absolute atomic E-state index is 12.3. The molecule has 0 aliphatic carbocycles. The Kier molecular flexibility index (Phi) is 7.37. The van der Waals surface area contributed by atoms with Gasteiger partial charge in [0.05, 0.1) is 22.2 Å². The molecule has 0 saturated carbocycles. The summed E-state index contributed by atoms with van der Waals surface area (Å²) in [5.41, 5.74) is 0.856. The minimum atomic E-state index is -3.33. The number of rotatable bonds is 7. The molecule has 0 unspecified atom stereocenters. The maximum atomic E-state index is 12.3. The smallest absolute Gasteiger partial charge is 0.191 e. The summed E-state index contributed by atoms with van der Waals surface area (Å²) < 4.78 is 26.4. The van der Waals surface area contributed by atoms with E-state index in [0.717, 1.165) is 5.69 Å². The first-order valence-electron chi connectivity index (χ1n) is 8.14. The van der Waals surface area contributed by atoms with Gasteiger partial charge in [0.1, 0.15) is 5.15 Å². The van der Waals surface area contributed by atoms with Crippen molar-refractivity contribution in [2.75, 3.05) is 18.8 Å². The van der Waals surface area contributed by atoms with Crippen molar-refractivity contribution in [1.82, 2.24) is 15.2 Å². The summed E-state index contributed by atoms with van der Waals surface area (Å²) in [7, 11) is -1.52. The molecule has 142 valence electrons. The van der Waals surface area contributed by atoms with Gasteiger partial charge in [0, 0.05) is 25.8 Å². The Hall–Kier alpha value is -1.70. The average Bonchev–Trinajstić information content (AvgIpc) is 2.87. The summed E-state index contributed by atoms with van der Waals surface area (Å²) >= 11 is 12.1. The van der Waals surface area contributed by atoms with E-state index in [4.69, 9.17) is 23.2 Å². The second-order valence-electron chi connectivity index (χ2n) is 5.59. The van der Waals surface area contributed by atoms with Gasteiger partial charge in [-0.15, -0.1) is 0 Å². The third kappa shape index (κ3) is 5.40. The fraction of sp³-hybridized carbons (Fsp3) is 0.353. The first-order chi connectivity index (χ1) is 12.3. The number of sulfone groups is 1. The molecule has 2 rings (SSSR count). The van der Waals surface area contributed by atoms with Crippen LogP contribution in [0.2, 0.25) is 10.2 Å². The zero-order valence-electron chi connectivity index (χ0n) is 14.7. The number of benzene rings is 1. The van der Waals surface area contributed by atoms with E-state index in [1.807, 2.05) is 14.0 Å². The molecule has 2 aromatic rings. The molecule has 1 heterocycles. The SMILES string of the molecule is CCNC(=NCc1cc(Cl)c(Cl)n1C)NCCS(=O)(=O)c1ccccc1. The van der Waals surface area contributed by atoms with Gasteiger partial charge in [0.25, 0.3) is 0 Å². The van der Waals surface area contributed by atoms with Gasteiger partial charge < -0.3 is 15.2 Å². The lowest BCUT2D eigenvalue weighted by atomic mass is 10.4. The number of aromatic nitrogens is 1. The van der Waals surface area contributed by atoms with E-state index >= 15 is 0 Å². The lowest BCUT2D eigenvalue weighted by Crippen LogP contribution is -2.39. The quantitative estimate of drug-likeness (QED) is 0.537. The maximum Gasteiger partial charge on any atom is 0.191 e. The molecule has 0 saturated heterocycles. The zero-order valence-corrected chi connectivity index (χ0v) is 17.0. The Morgan fingerprint density at radius 2 is 1.88 bits per heavy atom. The molecule has 2 N–H and O–H groups in total. The highest BCUT2D eigenvalue weighted by atomic mass is 35.5. The van der Waals surface area contributed by atoms with Crippen LogP contribution in [-0.2, 0) is 23.4 Å². The van der Waals surface area contributed by atoms with Crippen LogP contribution in [0.3, 0.4) is 0 Å². The van der Waals surface area contributed by atoms with E-state index in [-0.39, 0.29) is 12.3 Å². The van der Waals surface area contributed by atoms with E-state index in [9.17, 15) is 8.42 Å². The Balaban J connectivity index is 1.98. The predicted octanol–water partition coefficient (Wildman–Crippen LogP) is 2.86. The van der Waals surface area contributed by atoms with E-state index < -0.39 is 9.84 Å². The van der Waals surface area contributed by atoms with Crippen LogP contribution >= 0.6 is 23.2 Å². The second kappa shape index (κ2) is 9.30. The number of aliphatic imine (C=N–C) groups is 1. The zero-order chi connectivity index (χ0) is 19.2. The lowest BCUT2D eigenvalue weighted by Gasteiger charge is -2.12.